The molecule has 7 heteroatoms. The number of azo groups is 1. The van der Waals surface area contributed by atoms with Gasteiger partial charge in [-0.3, -0.25) is 4.79 Å². The summed E-state index contributed by atoms with van der Waals surface area (Å²) in [4.78, 5) is 24.0. The second-order valence-corrected chi connectivity index (χ2v) is 7.16. The quantitative estimate of drug-likeness (QED) is 0.143. The minimum Gasteiger partial charge on any atom is -0.505 e. The van der Waals surface area contributed by atoms with E-state index in [2.05, 4.69) is 10.2 Å². The van der Waals surface area contributed by atoms with Crippen molar-refractivity contribution in [1.82, 2.24) is 0 Å². The number of carbonyl (C=O) groups is 2. The first kappa shape index (κ1) is 23.4. The molecule has 0 radical (unpaired) electrons. The molecule has 168 valence electrons. The Morgan fingerprint density at radius 2 is 1.67 bits per heavy atom. The molecule has 3 aromatic rings. The van der Waals surface area contributed by atoms with Crippen LogP contribution in [0.1, 0.15) is 34.8 Å². The Morgan fingerprint density at radius 1 is 0.939 bits per heavy atom. The summed E-state index contributed by atoms with van der Waals surface area (Å²) in [7, 11) is 0. The highest BCUT2D eigenvalue weighted by atomic mass is 16.5. The standard InChI is InChI=1S/C26H24N2O5/c1-2-7-23(30)33-17-6-8-18-11-13-20(14-12-18)27-28-24-22(29)16-15-21(26(24)32)25(31)19-9-4-3-5-10-19/h2-5,7,9-16,29,32H,6,8,17H2,1H3. The molecule has 33 heavy (non-hydrogen) atoms. The Morgan fingerprint density at radius 3 is 2.36 bits per heavy atom. The molecule has 0 spiro atoms. The molecule has 2 N–H and O–H groups in total. The smallest absolute Gasteiger partial charge is 0.330 e. The topological polar surface area (TPSA) is 109 Å². The minimum atomic E-state index is -0.434. The molecular formula is C26H24N2O5. The number of benzene rings is 3. The second-order valence-electron chi connectivity index (χ2n) is 7.16. The summed E-state index contributed by atoms with van der Waals surface area (Å²) in [6.45, 7) is 2.09. The Bertz CT molecular complexity index is 1170. The molecule has 0 fully saturated rings. The van der Waals surface area contributed by atoms with E-state index in [4.69, 9.17) is 4.74 Å². The van der Waals surface area contributed by atoms with E-state index in [0.29, 0.717) is 24.3 Å². The summed E-state index contributed by atoms with van der Waals surface area (Å²) in [5.74, 6) is -1.46. The van der Waals surface area contributed by atoms with E-state index in [-0.39, 0.29) is 28.8 Å². The highest BCUT2D eigenvalue weighted by molar-refractivity contribution is 6.11. The van der Waals surface area contributed by atoms with Crippen LogP contribution in [0, 0.1) is 0 Å². The number of esters is 1. The molecule has 3 aromatic carbocycles. The molecule has 7 nitrogen and oxygen atoms in total. The summed E-state index contributed by atoms with van der Waals surface area (Å²) in [5.41, 5.74) is 1.81. The van der Waals surface area contributed by atoms with Gasteiger partial charge in [0.15, 0.2) is 17.2 Å². The van der Waals surface area contributed by atoms with Crippen LogP contribution < -0.4 is 0 Å². The van der Waals surface area contributed by atoms with Crippen molar-refractivity contribution >= 4 is 23.1 Å². The molecule has 0 saturated heterocycles. The Labute approximate surface area is 191 Å². The van der Waals surface area contributed by atoms with Gasteiger partial charge >= 0.3 is 5.97 Å². The van der Waals surface area contributed by atoms with Crippen molar-refractivity contribution < 1.29 is 24.5 Å². The SMILES string of the molecule is CC=CC(=O)OCCCc1ccc(N=Nc2c(O)ccc(C(=O)c3ccccc3)c2O)cc1. The number of phenolic OH excluding ortho intramolecular Hbond substituents is 2. The van der Waals surface area contributed by atoms with Crippen molar-refractivity contribution in [2.45, 2.75) is 19.8 Å². The van der Waals surface area contributed by atoms with Gasteiger partial charge in [0, 0.05) is 11.6 Å². The fourth-order valence-corrected chi connectivity index (χ4v) is 3.07. The van der Waals surface area contributed by atoms with Gasteiger partial charge in [-0.2, -0.15) is 5.11 Å². The Hall–Kier alpha value is -4.26. The van der Waals surface area contributed by atoms with Gasteiger partial charge in [0.25, 0.3) is 0 Å². The number of carbonyl (C=O) groups excluding carboxylic acids is 2. The normalized spacial score (nSPS) is 11.2. The highest BCUT2D eigenvalue weighted by Crippen LogP contribution is 2.40. The summed E-state index contributed by atoms with van der Waals surface area (Å²) in [6.07, 6.45) is 4.43. The molecule has 0 aromatic heterocycles. The lowest BCUT2D eigenvalue weighted by Gasteiger charge is -2.07. The molecule has 0 unspecified atom stereocenters. The lowest BCUT2D eigenvalue weighted by atomic mass is 10.0. The molecular weight excluding hydrogens is 420 g/mol. The first-order valence-corrected chi connectivity index (χ1v) is 10.4. The molecule has 3 rings (SSSR count). The number of hydrogen-bond acceptors (Lipinski definition) is 7. The summed E-state index contributed by atoms with van der Waals surface area (Å²) in [6, 6.07) is 18.4. The molecule has 0 amide bonds. The molecule has 0 atom stereocenters. The molecule has 0 heterocycles. The first-order chi connectivity index (χ1) is 16.0. The average molecular weight is 444 g/mol. The molecule has 0 bridgehead atoms. The van der Waals surface area contributed by atoms with Crippen LogP contribution in [0.15, 0.2) is 89.1 Å². The third-order valence-corrected chi connectivity index (χ3v) is 4.77. The van der Waals surface area contributed by atoms with Crippen LogP contribution in [0.5, 0.6) is 11.5 Å². The fraction of sp³-hybridized carbons (Fsp3) is 0.154. The summed E-state index contributed by atoms with van der Waals surface area (Å²) < 4.78 is 5.06. The number of hydrogen-bond donors (Lipinski definition) is 2. The van der Waals surface area contributed by atoms with Crippen molar-refractivity contribution in [2.24, 2.45) is 10.2 Å². The van der Waals surface area contributed by atoms with Gasteiger partial charge < -0.3 is 14.9 Å². The van der Waals surface area contributed by atoms with Gasteiger partial charge in [0.05, 0.1) is 17.9 Å². The zero-order chi connectivity index (χ0) is 23.6. The van der Waals surface area contributed by atoms with Crippen LogP contribution in [-0.4, -0.2) is 28.6 Å². The number of aromatic hydroxyl groups is 2. The van der Waals surface area contributed by atoms with E-state index in [1.807, 2.05) is 12.1 Å². The first-order valence-electron chi connectivity index (χ1n) is 10.4. The van der Waals surface area contributed by atoms with Crippen LogP contribution in [-0.2, 0) is 16.0 Å². The van der Waals surface area contributed by atoms with Crippen LogP contribution in [0.2, 0.25) is 0 Å². The molecule has 0 saturated carbocycles. The molecule has 0 aliphatic carbocycles. The lowest BCUT2D eigenvalue weighted by molar-refractivity contribution is -0.137. The van der Waals surface area contributed by atoms with Gasteiger partial charge in [-0.05, 0) is 49.6 Å². The van der Waals surface area contributed by atoms with Gasteiger partial charge in [-0.1, -0.05) is 48.5 Å². The zero-order valence-electron chi connectivity index (χ0n) is 18.1. The van der Waals surface area contributed by atoms with Crippen molar-refractivity contribution in [1.29, 1.82) is 0 Å². The predicted octanol–water partition coefficient (Wildman–Crippen LogP) is 5.80. The van der Waals surface area contributed by atoms with Gasteiger partial charge in [-0.15, -0.1) is 5.11 Å². The van der Waals surface area contributed by atoms with E-state index in [9.17, 15) is 19.8 Å². The fourth-order valence-electron chi connectivity index (χ4n) is 3.07. The van der Waals surface area contributed by atoms with Crippen LogP contribution in [0.3, 0.4) is 0 Å². The number of aryl methyl sites for hydroxylation is 1. The third-order valence-electron chi connectivity index (χ3n) is 4.77. The number of ether oxygens (including phenoxy) is 1. The minimum absolute atomic E-state index is 0.0263. The largest absolute Gasteiger partial charge is 0.505 e. The average Bonchev–Trinajstić information content (AvgIpc) is 2.83. The molecule has 0 aliphatic heterocycles. The van der Waals surface area contributed by atoms with Gasteiger partial charge in [-0.25, -0.2) is 4.79 Å². The zero-order valence-corrected chi connectivity index (χ0v) is 18.1. The maximum Gasteiger partial charge on any atom is 0.330 e. The maximum absolute atomic E-state index is 12.7. The van der Waals surface area contributed by atoms with Gasteiger partial charge in [0.2, 0.25) is 0 Å². The van der Waals surface area contributed by atoms with Crippen LogP contribution in [0.4, 0.5) is 11.4 Å². The third kappa shape index (κ3) is 6.36. The maximum atomic E-state index is 12.7. The number of nitrogens with zero attached hydrogens (tertiary/aromatic N) is 2. The summed E-state index contributed by atoms with van der Waals surface area (Å²) in [5, 5.41) is 28.7. The second kappa shape index (κ2) is 11.4. The number of rotatable bonds is 9. The van der Waals surface area contributed by atoms with Crippen LogP contribution >= 0.6 is 0 Å². The molecule has 0 aliphatic rings. The van der Waals surface area contributed by atoms with E-state index < -0.39 is 5.75 Å². The number of allylic oxidation sites excluding steroid dienone is 1. The Balaban J connectivity index is 1.67. The van der Waals surface area contributed by atoms with Crippen LogP contribution in [0.25, 0.3) is 0 Å². The van der Waals surface area contributed by atoms with E-state index in [1.165, 1.54) is 18.2 Å². The summed E-state index contributed by atoms with van der Waals surface area (Å²) >= 11 is 0. The van der Waals surface area contributed by atoms with Crippen molar-refractivity contribution in [2.75, 3.05) is 6.61 Å². The predicted molar refractivity (Wildman–Crippen MR) is 124 cm³/mol. The van der Waals surface area contributed by atoms with E-state index in [1.54, 1.807) is 55.5 Å². The Kier molecular flexibility index (Phi) is 8.07. The number of ketones is 1. The van der Waals surface area contributed by atoms with E-state index >= 15 is 0 Å². The highest BCUT2D eigenvalue weighted by Gasteiger charge is 2.19. The van der Waals surface area contributed by atoms with Crippen molar-refractivity contribution in [3.63, 3.8) is 0 Å². The monoisotopic (exact) mass is 444 g/mol. The number of phenols is 2. The lowest BCUT2D eigenvalue weighted by Crippen LogP contribution is -2.03. The van der Waals surface area contributed by atoms with Crippen molar-refractivity contribution in [3.05, 3.63) is 95.6 Å². The van der Waals surface area contributed by atoms with E-state index in [0.717, 1.165) is 12.0 Å². The van der Waals surface area contributed by atoms with Crippen molar-refractivity contribution in [3.8, 4) is 11.5 Å². The van der Waals surface area contributed by atoms with Gasteiger partial charge in [0.1, 0.15) is 5.75 Å².